The predicted molar refractivity (Wildman–Crippen MR) is 111 cm³/mol. The van der Waals surface area contributed by atoms with E-state index in [0.717, 1.165) is 39.5 Å². The summed E-state index contributed by atoms with van der Waals surface area (Å²) in [6.45, 7) is 7.81. The summed E-state index contributed by atoms with van der Waals surface area (Å²) in [6, 6.07) is 7.64. The summed E-state index contributed by atoms with van der Waals surface area (Å²) in [7, 11) is 0. The third kappa shape index (κ3) is 3.46. The molecule has 8 heteroatoms. The molecule has 0 atom stereocenters. The van der Waals surface area contributed by atoms with Crippen molar-refractivity contribution in [2.45, 2.75) is 26.7 Å². The molecule has 1 amide bonds. The Hall–Kier alpha value is -3.26. The number of nitrogens with zero attached hydrogens (tertiary/aromatic N) is 4. The van der Waals surface area contributed by atoms with E-state index >= 15 is 0 Å². The number of amides is 1. The number of rotatable bonds is 6. The van der Waals surface area contributed by atoms with E-state index in [-0.39, 0.29) is 12.3 Å². The maximum atomic E-state index is 12.4. The Morgan fingerprint density at radius 3 is 2.93 bits per heavy atom. The summed E-state index contributed by atoms with van der Waals surface area (Å²) in [5, 5.41) is 10.0. The SMILES string of the molecule is C=CCc1c(C)nn(-c2nc(CC(=O)Nc3nc4ccccc4[nH]3)cs2)c1C. The number of aryl methyl sites for hydroxylation is 1. The Kier molecular flexibility index (Phi) is 4.79. The molecule has 28 heavy (non-hydrogen) atoms. The van der Waals surface area contributed by atoms with Crippen LogP contribution in [0.15, 0.2) is 42.3 Å². The van der Waals surface area contributed by atoms with E-state index < -0.39 is 0 Å². The maximum absolute atomic E-state index is 12.4. The zero-order valence-electron chi connectivity index (χ0n) is 15.7. The fourth-order valence-electron chi connectivity index (χ4n) is 3.13. The molecular weight excluding hydrogens is 372 g/mol. The number of imidazole rings is 1. The van der Waals surface area contributed by atoms with Gasteiger partial charge in [0, 0.05) is 16.6 Å². The number of hydrogen-bond donors (Lipinski definition) is 2. The molecule has 3 heterocycles. The topological polar surface area (TPSA) is 88.5 Å². The van der Waals surface area contributed by atoms with Crippen molar-refractivity contribution in [3.05, 3.63) is 64.9 Å². The summed E-state index contributed by atoms with van der Waals surface area (Å²) in [5.41, 5.74) is 5.57. The molecule has 0 radical (unpaired) electrons. The van der Waals surface area contributed by atoms with Gasteiger partial charge in [-0.05, 0) is 32.4 Å². The van der Waals surface area contributed by atoms with Crippen molar-refractivity contribution < 1.29 is 4.79 Å². The number of anilines is 1. The van der Waals surface area contributed by atoms with Crippen LogP contribution in [0.2, 0.25) is 0 Å². The van der Waals surface area contributed by atoms with E-state index in [2.05, 4.69) is 31.9 Å². The molecule has 0 fully saturated rings. The average Bonchev–Trinajstić information content (AvgIpc) is 3.35. The average molecular weight is 392 g/mol. The fourth-order valence-corrected chi connectivity index (χ4v) is 3.95. The lowest BCUT2D eigenvalue weighted by atomic mass is 10.1. The Balaban J connectivity index is 1.48. The quantitative estimate of drug-likeness (QED) is 0.489. The molecule has 1 aromatic carbocycles. The second kappa shape index (κ2) is 7.40. The smallest absolute Gasteiger partial charge is 0.232 e. The Bertz CT molecular complexity index is 1140. The van der Waals surface area contributed by atoms with Crippen molar-refractivity contribution in [1.29, 1.82) is 0 Å². The highest BCUT2D eigenvalue weighted by Crippen LogP contribution is 2.22. The predicted octanol–water partition coefficient (Wildman–Crippen LogP) is 3.73. The largest absolute Gasteiger partial charge is 0.324 e. The van der Waals surface area contributed by atoms with Crippen LogP contribution in [-0.4, -0.2) is 30.6 Å². The summed E-state index contributed by atoms with van der Waals surface area (Å²) in [6.07, 6.45) is 2.82. The number of carbonyl (C=O) groups is 1. The number of aromatic amines is 1. The van der Waals surface area contributed by atoms with E-state index in [1.807, 2.05) is 54.3 Å². The minimum atomic E-state index is -0.170. The molecule has 4 aromatic rings. The zero-order chi connectivity index (χ0) is 19.7. The van der Waals surface area contributed by atoms with Crippen molar-refractivity contribution >= 4 is 34.2 Å². The van der Waals surface area contributed by atoms with Crippen LogP contribution in [0.5, 0.6) is 0 Å². The molecule has 0 bridgehead atoms. The second-order valence-corrected chi connectivity index (χ2v) is 7.34. The van der Waals surface area contributed by atoms with Crippen molar-refractivity contribution in [3.63, 3.8) is 0 Å². The molecule has 3 aromatic heterocycles. The van der Waals surface area contributed by atoms with Gasteiger partial charge in [0.1, 0.15) is 0 Å². The van der Waals surface area contributed by atoms with Crippen LogP contribution in [0.4, 0.5) is 5.95 Å². The summed E-state index contributed by atoms with van der Waals surface area (Å²) in [4.78, 5) is 24.4. The van der Waals surface area contributed by atoms with Crippen molar-refractivity contribution in [3.8, 4) is 5.13 Å². The van der Waals surface area contributed by atoms with E-state index in [9.17, 15) is 4.79 Å². The molecule has 0 aliphatic rings. The van der Waals surface area contributed by atoms with Gasteiger partial charge in [-0.1, -0.05) is 18.2 Å². The second-order valence-electron chi connectivity index (χ2n) is 6.50. The van der Waals surface area contributed by atoms with Gasteiger partial charge in [-0.25, -0.2) is 14.6 Å². The van der Waals surface area contributed by atoms with E-state index in [1.54, 1.807) is 0 Å². The van der Waals surface area contributed by atoms with Crippen LogP contribution in [0.1, 0.15) is 22.6 Å². The van der Waals surface area contributed by atoms with Crippen LogP contribution in [0.3, 0.4) is 0 Å². The van der Waals surface area contributed by atoms with Gasteiger partial charge >= 0.3 is 0 Å². The summed E-state index contributed by atoms with van der Waals surface area (Å²) < 4.78 is 1.83. The summed E-state index contributed by atoms with van der Waals surface area (Å²) in [5.74, 6) is 0.269. The molecule has 0 saturated heterocycles. The highest BCUT2D eigenvalue weighted by atomic mass is 32.1. The van der Waals surface area contributed by atoms with Crippen LogP contribution >= 0.6 is 11.3 Å². The van der Waals surface area contributed by atoms with E-state index in [1.165, 1.54) is 11.3 Å². The monoisotopic (exact) mass is 392 g/mol. The van der Waals surface area contributed by atoms with Crippen molar-refractivity contribution in [1.82, 2.24) is 24.7 Å². The van der Waals surface area contributed by atoms with Crippen LogP contribution in [0.25, 0.3) is 16.2 Å². The van der Waals surface area contributed by atoms with Gasteiger partial charge in [0.25, 0.3) is 0 Å². The lowest BCUT2D eigenvalue weighted by Gasteiger charge is -2.01. The fraction of sp³-hybridized carbons (Fsp3) is 0.200. The molecule has 7 nitrogen and oxygen atoms in total. The molecule has 0 unspecified atom stereocenters. The standard InChI is InChI=1S/C20H20N6OS/c1-4-7-15-12(2)25-26(13(15)3)20-21-14(11-28-20)10-18(27)24-19-22-16-8-5-6-9-17(16)23-19/h4-6,8-9,11H,1,7,10H2,2-3H3,(H2,22,23,24,27). The molecule has 0 saturated carbocycles. The number of hydrogen-bond acceptors (Lipinski definition) is 5. The van der Waals surface area contributed by atoms with Gasteiger partial charge in [-0.2, -0.15) is 5.10 Å². The Labute approximate surface area is 166 Å². The normalized spacial score (nSPS) is 11.1. The van der Waals surface area contributed by atoms with Crippen LogP contribution in [0, 0.1) is 13.8 Å². The number of benzene rings is 1. The number of thiazole rings is 1. The molecule has 2 N–H and O–H groups in total. The van der Waals surface area contributed by atoms with Crippen LogP contribution in [-0.2, 0) is 17.6 Å². The van der Waals surface area contributed by atoms with Gasteiger partial charge in [-0.15, -0.1) is 17.9 Å². The molecular formula is C20H20N6OS. The number of H-pyrrole nitrogens is 1. The highest BCUT2D eigenvalue weighted by molar-refractivity contribution is 7.12. The number of aromatic nitrogens is 5. The Morgan fingerprint density at radius 2 is 2.14 bits per heavy atom. The first-order chi connectivity index (χ1) is 13.5. The molecule has 142 valence electrons. The molecule has 0 spiro atoms. The maximum Gasteiger partial charge on any atom is 0.232 e. The number of allylic oxidation sites excluding steroid dienone is 1. The lowest BCUT2D eigenvalue weighted by molar-refractivity contribution is -0.115. The number of nitrogens with one attached hydrogen (secondary N) is 2. The first kappa shape index (κ1) is 18.1. The van der Waals surface area contributed by atoms with Crippen molar-refractivity contribution in [2.75, 3.05) is 5.32 Å². The molecule has 4 rings (SSSR count). The number of fused-ring (bicyclic) bond motifs is 1. The number of para-hydroxylation sites is 2. The third-order valence-corrected chi connectivity index (χ3v) is 5.36. The number of carbonyl (C=O) groups excluding carboxylic acids is 1. The summed E-state index contributed by atoms with van der Waals surface area (Å²) >= 11 is 1.47. The van der Waals surface area contributed by atoms with Gasteiger partial charge in [0.2, 0.25) is 17.0 Å². The van der Waals surface area contributed by atoms with E-state index in [4.69, 9.17) is 0 Å². The molecule has 0 aliphatic heterocycles. The highest BCUT2D eigenvalue weighted by Gasteiger charge is 2.16. The first-order valence-corrected chi connectivity index (χ1v) is 9.78. The first-order valence-electron chi connectivity index (χ1n) is 8.90. The molecule has 0 aliphatic carbocycles. The van der Waals surface area contributed by atoms with Gasteiger partial charge < -0.3 is 4.98 Å². The van der Waals surface area contributed by atoms with Crippen LogP contribution < -0.4 is 5.32 Å². The zero-order valence-corrected chi connectivity index (χ0v) is 16.5. The van der Waals surface area contributed by atoms with Gasteiger partial charge in [0.15, 0.2) is 0 Å². The van der Waals surface area contributed by atoms with Crippen molar-refractivity contribution in [2.24, 2.45) is 0 Å². The van der Waals surface area contributed by atoms with Gasteiger partial charge in [-0.3, -0.25) is 10.1 Å². The minimum absolute atomic E-state index is 0.170. The Morgan fingerprint density at radius 1 is 1.32 bits per heavy atom. The van der Waals surface area contributed by atoms with E-state index in [0.29, 0.717) is 11.6 Å². The minimum Gasteiger partial charge on any atom is -0.324 e. The lowest BCUT2D eigenvalue weighted by Crippen LogP contribution is -2.15. The third-order valence-electron chi connectivity index (χ3n) is 4.50. The van der Waals surface area contributed by atoms with Gasteiger partial charge in [0.05, 0.1) is 28.8 Å².